The van der Waals surface area contributed by atoms with Gasteiger partial charge in [0.05, 0.1) is 12.2 Å². The van der Waals surface area contributed by atoms with Gasteiger partial charge in [-0.1, -0.05) is 26.2 Å². The van der Waals surface area contributed by atoms with E-state index in [0.717, 1.165) is 31.4 Å². The van der Waals surface area contributed by atoms with Gasteiger partial charge in [-0.2, -0.15) is 0 Å². The molecule has 106 valence electrons. The van der Waals surface area contributed by atoms with Crippen LogP contribution in [0.15, 0.2) is 0 Å². The van der Waals surface area contributed by atoms with Gasteiger partial charge in [0.2, 0.25) is 0 Å². The number of ether oxygens (including phenoxy) is 2. The fraction of sp³-hybridized carbons (Fsp3) is 1.00. The van der Waals surface area contributed by atoms with Crippen LogP contribution in [0.1, 0.15) is 46.0 Å². The molecule has 3 nitrogen and oxygen atoms in total. The molecule has 0 aromatic heterocycles. The van der Waals surface area contributed by atoms with Crippen molar-refractivity contribution in [3.8, 4) is 0 Å². The van der Waals surface area contributed by atoms with Gasteiger partial charge in [0.1, 0.15) is 0 Å². The average Bonchev–Trinajstić information content (AvgIpc) is 2.35. The lowest BCUT2D eigenvalue weighted by Gasteiger charge is -2.44. The maximum absolute atomic E-state index is 5.66. The Labute approximate surface area is 112 Å². The van der Waals surface area contributed by atoms with Crippen LogP contribution in [0.2, 0.25) is 0 Å². The van der Waals surface area contributed by atoms with Gasteiger partial charge in [-0.15, -0.1) is 0 Å². The van der Waals surface area contributed by atoms with Crippen molar-refractivity contribution in [1.82, 2.24) is 5.32 Å². The van der Waals surface area contributed by atoms with Gasteiger partial charge in [-0.05, 0) is 38.1 Å². The second kappa shape index (κ2) is 6.88. The molecule has 0 bridgehead atoms. The third-order valence-corrected chi connectivity index (χ3v) is 4.83. The zero-order valence-electron chi connectivity index (χ0n) is 12.2. The first kappa shape index (κ1) is 14.3. The average molecular weight is 255 g/mol. The minimum Gasteiger partial charge on any atom is -0.377 e. The largest absolute Gasteiger partial charge is 0.377 e. The van der Waals surface area contributed by atoms with Crippen LogP contribution >= 0.6 is 0 Å². The van der Waals surface area contributed by atoms with E-state index >= 15 is 0 Å². The maximum Gasteiger partial charge on any atom is 0.0986 e. The van der Waals surface area contributed by atoms with Crippen molar-refractivity contribution in [2.24, 2.45) is 11.8 Å². The van der Waals surface area contributed by atoms with Gasteiger partial charge in [0, 0.05) is 19.8 Å². The van der Waals surface area contributed by atoms with E-state index in [9.17, 15) is 0 Å². The Kier molecular flexibility index (Phi) is 5.46. The predicted octanol–water partition coefficient (Wildman–Crippen LogP) is 2.59. The zero-order valence-corrected chi connectivity index (χ0v) is 12.2. The maximum atomic E-state index is 5.66. The van der Waals surface area contributed by atoms with Gasteiger partial charge < -0.3 is 14.8 Å². The second-order valence-corrected chi connectivity index (χ2v) is 5.97. The molecular formula is C15H29NO2. The molecule has 0 aliphatic heterocycles. The van der Waals surface area contributed by atoms with Crippen LogP contribution in [0.25, 0.3) is 0 Å². The lowest BCUT2D eigenvalue weighted by atomic mass is 9.79. The normalized spacial score (nSPS) is 40.5. The van der Waals surface area contributed by atoms with E-state index in [1.165, 1.54) is 25.7 Å². The van der Waals surface area contributed by atoms with Crippen LogP contribution in [-0.2, 0) is 9.47 Å². The number of nitrogens with one attached hydrogen (secondary N) is 1. The summed E-state index contributed by atoms with van der Waals surface area (Å²) in [4.78, 5) is 0. The second-order valence-electron chi connectivity index (χ2n) is 5.97. The summed E-state index contributed by atoms with van der Waals surface area (Å²) in [5.74, 6) is 1.75. The SMILES string of the molecule is CCOC1CC(NCC2CCCCC2C)C1OC. The molecule has 1 N–H and O–H groups in total. The minimum atomic E-state index is 0.254. The Morgan fingerprint density at radius 2 is 2.00 bits per heavy atom. The van der Waals surface area contributed by atoms with E-state index in [2.05, 4.69) is 19.2 Å². The molecule has 2 aliphatic rings. The summed E-state index contributed by atoms with van der Waals surface area (Å²) in [7, 11) is 1.80. The summed E-state index contributed by atoms with van der Waals surface area (Å²) in [5, 5.41) is 3.70. The highest BCUT2D eigenvalue weighted by Gasteiger charge is 2.42. The Morgan fingerprint density at radius 1 is 1.22 bits per heavy atom. The van der Waals surface area contributed by atoms with Gasteiger partial charge >= 0.3 is 0 Å². The lowest BCUT2D eigenvalue weighted by Crippen LogP contribution is -2.60. The molecule has 0 saturated heterocycles. The Balaban J connectivity index is 1.70. The van der Waals surface area contributed by atoms with Crippen molar-refractivity contribution in [3.05, 3.63) is 0 Å². The number of hydrogen-bond acceptors (Lipinski definition) is 3. The van der Waals surface area contributed by atoms with E-state index in [1.54, 1.807) is 7.11 Å². The molecule has 2 rings (SSSR count). The molecule has 18 heavy (non-hydrogen) atoms. The van der Waals surface area contributed by atoms with Crippen molar-refractivity contribution < 1.29 is 9.47 Å². The highest BCUT2D eigenvalue weighted by Crippen LogP contribution is 2.31. The number of rotatable bonds is 6. The van der Waals surface area contributed by atoms with Crippen molar-refractivity contribution in [2.45, 2.75) is 64.2 Å². The first-order chi connectivity index (χ1) is 8.76. The van der Waals surface area contributed by atoms with E-state index in [0.29, 0.717) is 12.1 Å². The van der Waals surface area contributed by atoms with Gasteiger partial charge in [0.15, 0.2) is 0 Å². The summed E-state index contributed by atoms with van der Waals surface area (Å²) in [6.45, 7) is 6.40. The molecule has 2 aliphatic carbocycles. The highest BCUT2D eigenvalue weighted by molar-refractivity contribution is 4.97. The first-order valence-corrected chi connectivity index (χ1v) is 7.64. The molecule has 0 radical (unpaired) electrons. The monoisotopic (exact) mass is 255 g/mol. The van der Waals surface area contributed by atoms with Crippen LogP contribution in [0, 0.1) is 11.8 Å². The third-order valence-electron chi connectivity index (χ3n) is 4.83. The van der Waals surface area contributed by atoms with E-state index in [4.69, 9.17) is 9.47 Å². The molecular weight excluding hydrogens is 226 g/mol. The fourth-order valence-corrected chi connectivity index (χ4v) is 3.47. The molecule has 2 saturated carbocycles. The van der Waals surface area contributed by atoms with Crippen LogP contribution in [-0.4, -0.2) is 38.5 Å². The van der Waals surface area contributed by atoms with E-state index in [-0.39, 0.29) is 6.10 Å². The Morgan fingerprint density at radius 3 is 2.67 bits per heavy atom. The molecule has 2 fully saturated rings. The van der Waals surface area contributed by atoms with Crippen molar-refractivity contribution in [2.75, 3.05) is 20.3 Å². The van der Waals surface area contributed by atoms with Crippen LogP contribution in [0.5, 0.6) is 0 Å². The molecule has 0 aromatic carbocycles. The van der Waals surface area contributed by atoms with E-state index < -0.39 is 0 Å². The standard InChI is InChI=1S/C15H29NO2/c1-4-18-14-9-13(15(14)17-3)16-10-12-8-6-5-7-11(12)2/h11-16H,4-10H2,1-3H3. The topological polar surface area (TPSA) is 30.5 Å². The fourth-order valence-electron chi connectivity index (χ4n) is 3.47. The van der Waals surface area contributed by atoms with Gasteiger partial charge in [-0.25, -0.2) is 0 Å². The minimum absolute atomic E-state index is 0.254. The quantitative estimate of drug-likeness (QED) is 0.791. The van der Waals surface area contributed by atoms with E-state index in [1.807, 2.05) is 0 Å². The molecule has 0 amide bonds. The van der Waals surface area contributed by atoms with Crippen molar-refractivity contribution in [3.63, 3.8) is 0 Å². The van der Waals surface area contributed by atoms with Crippen LogP contribution < -0.4 is 5.32 Å². The summed E-state index contributed by atoms with van der Waals surface area (Å²) in [5.41, 5.74) is 0. The highest BCUT2D eigenvalue weighted by atomic mass is 16.5. The summed E-state index contributed by atoms with van der Waals surface area (Å²) in [6, 6.07) is 0.501. The van der Waals surface area contributed by atoms with Crippen molar-refractivity contribution in [1.29, 1.82) is 0 Å². The molecule has 0 aromatic rings. The van der Waals surface area contributed by atoms with Crippen LogP contribution in [0.4, 0.5) is 0 Å². The Hall–Kier alpha value is -0.120. The summed E-state index contributed by atoms with van der Waals surface area (Å²) in [6.07, 6.45) is 7.31. The summed E-state index contributed by atoms with van der Waals surface area (Å²) >= 11 is 0. The molecule has 5 unspecified atom stereocenters. The third kappa shape index (κ3) is 3.25. The van der Waals surface area contributed by atoms with Crippen LogP contribution in [0.3, 0.4) is 0 Å². The molecule has 5 atom stereocenters. The Bertz CT molecular complexity index is 247. The lowest BCUT2D eigenvalue weighted by molar-refractivity contribution is -0.132. The molecule has 0 spiro atoms. The smallest absolute Gasteiger partial charge is 0.0986 e. The van der Waals surface area contributed by atoms with Crippen molar-refractivity contribution >= 4 is 0 Å². The molecule has 0 heterocycles. The summed E-state index contributed by atoms with van der Waals surface area (Å²) < 4.78 is 11.2. The zero-order chi connectivity index (χ0) is 13.0. The van der Waals surface area contributed by atoms with Gasteiger partial charge in [-0.3, -0.25) is 0 Å². The number of hydrogen-bond donors (Lipinski definition) is 1. The predicted molar refractivity (Wildman–Crippen MR) is 73.7 cm³/mol. The molecule has 3 heteroatoms. The first-order valence-electron chi connectivity index (χ1n) is 7.64. The van der Waals surface area contributed by atoms with Gasteiger partial charge in [0.25, 0.3) is 0 Å². The number of methoxy groups -OCH3 is 1.